The van der Waals surface area contributed by atoms with Crippen LogP contribution in [0.3, 0.4) is 0 Å². The van der Waals surface area contributed by atoms with E-state index in [4.69, 9.17) is 10.1 Å². The fraction of sp³-hybridized carbons (Fsp3) is 0.889. The number of rotatable bonds is 3. The molecule has 2 heteroatoms. The van der Waals surface area contributed by atoms with Crippen molar-refractivity contribution in [1.29, 1.82) is 5.41 Å². The Hall–Kier alpha value is -0.530. The van der Waals surface area contributed by atoms with Crippen LogP contribution in [0.4, 0.5) is 0 Å². The van der Waals surface area contributed by atoms with Crippen LogP contribution in [0, 0.1) is 11.3 Å². The summed E-state index contributed by atoms with van der Waals surface area (Å²) in [7, 11) is 1.55. The van der Waals surface area contributed by atoms with E-state index in [2.05, 4.69) is 6.92 Å². The minimum absolute atomic E-state index is 0.292. The lowest BCUT2D eigenvalue weighted by atomic mass is 10.1. The van der Waals surface area contributed by atoms with Gasteiger partial charge in [-0.15, -0.1) is 0 Å². The second kappa shape index (κ2) is 9.47. The second-order valence-corrected chi connectivity index (χ2v) is 2.26. The highest BCUT2D eigenvalue weighted by atomic mass is 16.5. The van der Waals surface area contributed by atoms with Gasteiger partial charge in [0.2, 0.25) is 0 Å². The lowest BCUT2D eigenvalue weighted by molar-refractivity contribution is 0.360. The number of nitrogens with one attached hydrogen (secondary N) is 1. The predicted octanol–water partition coefficient (Wildman–Crippen LogP) is 3.07. The monoisotopic (exact) mass is 159 g/mol. The van der Waals surface area contributed by atoms with Crippen LogP contribution < -0.4 is 0 Å². The molecule has 0 bridgehead atoms. The average molecular weight is 159 g/mol. The maximum absolute atomic E-state index is 7.22. The Morgan fingerprint density at radius 2 is 1.91 bits per heavy atom. The van der Waals surface area contributed by atoms with E-state index in [-0.39, 0.29) is 0 Å². The molecule has 1 atom stereocenters. The Balaban J connectivity index is 0. The minimum Gasteiger partial charge on any atom is -0.484 e. The van der Waals surface area contributed by atoms with Gasteiger partial charge in [0.15, 0.2) is 5.90 Å². The van der Waals surface area contributed by atoms with Crippen LogP contribution in [0.1, 0.15) is 40.5 Å². The van der Waals surface area contributed by atoms with Crippen LogP contribution in [-0.2, 0) is 4.74 Å². The Morgan fingerprint density at radius 1 is 1.45 bits per heavy atom. The van der Waals surface area contributed by atoms with E-state index in [1.165, 1.54) is 0 Å². The molecule has 0 spiro atoms. The highest BCUT2D eigenvalue weighted by molar-refractivity contribution is 5.74. The van der Waals surface area contributed by atoms with Crippen LogP contribution >= 0.6 is 0 Å². The van der Waals surface area contributed by atoms with E-state index >= 15 is 0 Å². The summed E-state index contributed by atoms with van der Waals surface area (Å²) >= 11 is 0. The van der Waals surface area contributed by atoms with E-state index in [0.29, 0.717) is 11.8 Å². The van der Waals surface area contributed by atoms with Crippen molar-refractivity contribution in [2.24, 2.45) is 5.92 Å². The van der Waals surface area contributed by atoms with Crippen molar-refractivity contribution >= 4 is 5.90 Å². The summed E-state index contributed by atoms with van der Waals surface area (Å²) in [5, 5.41) is 7.22. The normalized spacial score (nSPS) is 11.0. The first kappa shape index (κ1) is 13.1. The molecular weight excluding hydrogens is 138 g/mol. The highest BCUT2D eigenvalue weighted by Gasteiger charge is 2.05. The van der Waals surface area contributed by atoms with Gasteiger partial charge in [0.05, 0.1) is 7.11 Å². The summed E-state index contributed by atoms with van der Waals surface area (Å²) in [6.45, 7) is 8.12. The first-order valence-electron chi connectivity index (χ1n) is 4.34. The molecule has 0 aromatic rings. The summed E-state index contributed by atoms with van der Waals surface area (Å²) in [4.78, 5) is 0. The molecule has 0 fully saturated rings. The summed E-state index contributed by atoms with van der Waals surface area (Å²) in [6.07, 6.45) is 2.17. The van der Waals surface area contributed by atoms with Crippen molar-refractivity contribution in [2.45, 2.75) is 40.5 Å². The third-order valence-corrected chi connectivity index (χ3v) is 1.39. The molecule has 1 N–H and O–H groups in total. The maximum atomic E-state index is 7.22. The molecule has 0 aromatic carbocycles. The lowest BCUT2D eigenvalue weighted by Crippen LogP contribution is -2.10. The largest absolute Gasteiger partial charge is 0.484 e. The van der Waals surface area contributed by atoms with Gasteiger partial charge in [-0.3, -0.25) is 5.41 Å². The molecule has 0 aliphatic carbocycles. The van der Waals surface area contributed by atoms with Gasteiger partial charge in [-0.2, -0.15) is 0 Å². The Labute approximate surface area is 70.5 Å². The zero-order valence-corrected chi connectivity index (χ0v) is 8.40. The molecular formula is C9H21NO. The Bertz CT molecular complexity index is 91.6. The minimum atomic E-state index is 0.292. The fourth-order valence-corrected chi connectivity index (χ4v) is 0.765. The molecule has 0 aliphatic heterocycles. The topological polar surface area (TPSA) is 33.1 Å². The van der Waals surface area contributed by atoms with E-state index in [1.54, 1.807) is 7.11 Å². The molecule has 0 amide bonds. The summed E-state index contributed by atoms with van der Waals surface area (Å²) in [5.41, 5.74) is 0. The molecule has 68 valence electrons. The fourth-order valence-electron chi connectivity index (χ4n) is 0.765. The predicted molar refractivity (Wildman–Crippen MR) is 50.2 cm³/mol. The molecule has 0 saturated heterocycles. The molecule has 0 aromatic heterocycles. The lowest BCUT2D eigenvalue weighted by Gasteiger charge is -2.08. The summed E-state index contributed by atoms with van der Waals surface area (Å²) < 4.78 is 4.75. The van der Waals surface area contributed by atoms with Gasteiger partial charge in [0, 0.05) is 5.92 Å². The van der Waals surface area contributed by atoms with E-state index in [1.807, 2.05) is 20.8 Å². The average Bonchev–Trinajstić information content (AvgIpc) is 2.07. The van der Waals surface area contributed by atoms with Crippen LogP contribution in [0.5, 0.6) is 0 Å². The van der Waals surface area contributed by atoms with Crippen molar-refractivity contribution in [3.63, 3.8) is 0 Å². The standard InChI is InChI=1S/C7H15NO.C2H6/c1-4-5-6(2)7(8)9-3;1-2/h6,8H,4-5H2,1-3H3;1-2H3. The Morgan fingerprint density at radius 3 is 2.18 bits per heavy atom. The third-order valence-electron chi connectivity index (χ3n) is 1.39. The maximum Gasteiger partial charge on any atom is 0.182 e. The SMILES string of the molecule is CC.CCCC(C)C(=N)OC. The van der Waals surface area contributed by atoms with Crippen LogP contribution in [-0.4, -0.2) is 13.0 Å². The van der Waals surface area contributed by atoms with Crippen molar-refractivity contribution in [1.82, 2.24) is 0 Å². The van der Waals surface area contributed by atoms with Crippen molar-refractivity contribution in [2.75, 3.05) is 7.11 Å². The van der Waals surface area contributed by atoms with Crippen molar-refractivity contribution in [3.05, 3.63) is 0 Å². The van der Waals surface area contributed by atoms with Gasteiger partial charge in [-0.1, -0.05) is 34.1 Å². The molecule has 0 heterocycles. The smallest absolute Gasteiger partial charge is 0.182 e. The molecule has 1 unspecified atom stereocenters. The molecule has 11 heavy (non-hydrogen) atoms. The van der Waals surface area contributed by atoms with E-state index < -0.39 is 0 Å². The quantitative estimate of drug-likeness (QED) is 0.498. The van der Waals surface area contributed by atoms with Crippen LogP contribution in [0.2, 0.25) is 0 Å². The van der Waals surface area contributed by atoms with Crippen LogP contribution in [0.15, 0.2) is 0 Å². The zero-order valence-electron chi connectivity index (χ0n) is 8.40. The van der Waals surface area contributed by atoms with Crippen LogP contribution in [0.25, 0.3) is 0 Å². The first-order valence-corrected chi connectivity index (χ1v) is 4.34. The van der Waals surface area contributed by atoms with Crippen molar-refractivity contribution in [3.8, 4) is 0 Å². The second-order valence-electron chi connectivity index (χ2n) is 2.26. The number of ether oxygens (including phenoxy) is 1. The number of methoxy groups -OCH3 is 1. The van der Waals surface area contributed by atoms with Gasteiger partial charge in [-0.25, -0.2) is 0 Å². The van der Waals surface area contributed by atoms with Gasteiger partial charge >= 0.3 is 0 Å². The molecule has 2 nitrogen and oxygen atoms in total. The van der Waals surface area contributed by atoms with Gasteiger partial charge in [0.25, 0.3) is 0 Å². The zero-order chi connectivity index (χ0) is 9.28. The first-order chi connectivity index (χ1) is 5.22. The molecule has 0 rings (SSSR count). The molecule has 0 radical (unpaired) electrons. The van der Waals surface area contributed by atoms with E-state index in [9.17, 15) is 0 Å². The number of hydrogen-bond acceptors (Lipinski definition) is 2. The summed E-state index contributed by atoms with van der Waals surface area (Å²) in [6, 6.07) is 0. The van der Waals surface area contributed by atoms with Gasteiger partial charge in [-0.05, 0) is 6.42 Å². The highest BCUT2D eigenvalue weighted by Crippen LogP contribution is 2.05. The van der Waals surface area contributed by atoms with Crippen molar-refractivity contribution < 1.29 is 4.74 Å². The molecule has 0 aliphatic rings. The number of hydrogen-bond donors (Lipinski definition) is 1. The van der Waals surface area contributed by atoms with Gasteiger partial charge in [0.1, 0.15) is 0 Å². The Kier molecular flexibility index (Phi) is 11.3. The van der Waals surface area contributed by atoms with E-state index in [0.717, 1.165) is 12.8 Å². The molecule has 0 saturated carbocycles. The third kappa shape index (κ3) is 7.37. The summed E-state index contributed by atoms with van der Waals surface area (Å²) in [5.74, 6) is 0.692. The van der Waals surface area contributed by atoms with Gasteiger partial charge < -0.3 is 4.74 Å².